The number of thiazole rings is 1. The first-order valence-corrected chi connectivity index (χ1v) is 9.28. The summed E-state index contributed by atoms with van der Waals surface area (Å²) in [6.45, 7) is 3.15. The molecule has 0 saturated heterocycles. The Morgan fingerprint density at radius 2 is 2.07 bits per heavy atom. The summed E-state index contributed by atoms with van der Waals surface area (Å²) in [5.74, 6) is -0.949. The van der Waals surface area contributed by atoms with Gasteiger partial charge in [-0.15, -0.1) is 11.3 Å². The second kappa shape index (κ2) is 7.89. The SMILES string of the molecule is CCc1cc2oc(=O)cc(COC(=O)c3csc(NC(C)=O)n3)c2cc1Cl. The molecule has 3 rings (SSSR count). The molecule has 0 aliphatic carbocycles. The van der Waals surface area contributed by atoms with E-state index >= 15 is 0 Å². The minimum absolute atomic E-state index is 0.0716. The van der Waals surface area contributed by atoms with Crippen LogP contribution in [0.5, 0.6) is 0 Å². The quantitative estimate of drug-likeness (QED) is 0.511. The number of carbonyl (C=O) groups excluding carboxylic acids is 2. The number of fused-ring (bicyclic) bond motifs is 1. The summed E-state index contributed by atoms with van der Waals surface area (Å²) in [6, 6.07) is 4.67. The molecule has 0 saturated carbocycles. The third-order valence-electron chi connectivity index (χ3n) is 3.73. The summed E-state index contributed by atoms with van der Waals surface area (Å²) in [4.78, 5) is 39.0. The summed E-state index contributed by atoms with van der Waals surface area (Å²) in [6.07, 6.45) is 0.693. The molecule has 1 N–H and O–H groups in total. The maximum atomic E-state index is 12.2. The van der Waals surface area contributed by atoms with E-state index in [1.54, 1.807) is 12.1 Å². The van der Waals surface area contributed by atoms with Crippen LogP contribution in [0.2, 0.25) is 5.02 Å². The second-order valence-corrected chi connectivity index (χ2v) is 6.94. The van der Waals surface area contributed by atoms with Gasteiger partial charge >= 0.3 is 11.6 Å². The van der Waals surface area contributed by atoms with E-state index in [4.69, 9.17) is 20.8 Å². The van der Waals surface area contributed by atoms with Gasteiger partial charge in [-0.05, 0) is 24.1 Å². The smallest absolute Gasteiger partial charge is 0.358 e. The highest BCUT2D eigenvalue weighted by molar-refractivity contribution is 7.14. The molecule has 0 aliphatic heterocycles. The number of aromatic nitrogens is 1. The molecule has 9 heteroatoms. The summed E-state index contributed by atoms with van der Waals surface area (Å²) >= 11 is 7.36. The van der Waals surface area contributed by atoms with Gasteiger partial charge in [0.05, 0.1) is 0 Å². The number of rotatable bonds is 5. The van der Waals surface area contributed by atoms with Gasteiger partial charge in [-0.1, -0.05) is 18.5 Å². The van der Waals surface area contributed by atoms with Crippen LogP contribution in [0.4, 0.5) is 5.13 Å². The predicted molar refractivity (Wildman–Crippen MR) is 102 cm³/mol. The number of carbonyl (C=O) groups is 2. The van der Waals surface area contributed by atoms with Crippen LogP contribution in [0, 0.1) is 0 Å². The van der Waals surface area contributed by atoms with E-state index in [9.17, 15) is 14.4 Å². The van der Waals surface area contributed by atoms with Crippen molar-refractivity contribution in [2.75, 3.05) is 5.32 Å². The number of nitrogens with one attached hydrogen (secondary N) is 1. The van der Waals surface area contributed by atoms with Gasteiger partial charge < -0.3 is 14.5 Å². The fraction of sp³-hybridized carbons (Fsp3) is 0.222. The number of esters is 1. The first-order valence-electron chi connectivity index (χ1n) is 8.02. The Morgan fingerprint density at radius 3 is 2.78 bits per heavy atom. The van der Waals surface area contributed by atoms with Gasteiger partial charge in [0.25, 0.3) is 0 Å². The van der Waals surface area contributed by atoms with Crippen molar-refractivity contribution in [1.29, 1.82) is 0 Å². The third-order valence-corrected chi connectivity index (χ3v) is 4.84. The van der Waals surface area contributed by atoms with E-state index < -0.39 is 11.6 Å². The molecule has 1 aromatic carbocycles. The Balaban J connectivity index is 1.83. The van der Waals surface area contributed by atoms with E-state index in [2.05, 4.69) is 10.3 Å². The Bertz CT molecular complexity index is 1090. The van der Waals surface area contributed by atoms with Crippen LogP contribution in [-0.4, -0.2) is 16.9 Å². The van der Waals surface area contributed by atoms with Crippen molar-refractivity contribution in [3.8, 4) is 0 Å². The lowest BCUT2D eigenvalue weighted by Gasteiger charge is -2.08. The van der Waals surface area contributed by atoms with E-state index in [1.165, 1.54) is 18.4 Å². The van der Waals surface area contributed by atoms with Gasteiger partial charge in [0.15, 0.2) is 10.8 Å². The van der Waals surface area contributed by atoms with Gasteiger partial charge in [0.1, 0.15) is 12.2 Å². The molecule has 0 bridgehead atoms. The van der Waals surface area contributed by atoms with E-state index in [0.717, 1.165) is 16.9 Å². The maximum Gasteiger partial charge on any atom is 0.358 e. The molecule has 7 nitrogen and oxygen atoms in total. The molecule has 0 unspecified atom stereocenters. The fourth-order valence-electron chi connectivity index (χ4n) is 2.47. The molecular weight excluding hydrogens is 392 g/mol. The van der Waals surface area contributed by atoms with Crippen LogP contribution in [0.1, 0.15) is 35.5 Å². The molecule has 1 amide bonds. The number of benzene rings is 1. The standard InChI is InChI=1S/C18H15ClN2O5S/c1-3-10-4-15-12(6-13(10)19)11(5-16(23)26-15)7-25-17(24)14-8-27-18(21-14)20-9(2)22/h4-6,8H,3,7H2,1-2H3,(H,20,21,22). The zero-order chi connectivity index (χ0) is 19.6. The van der Waals surface area contributed by atoms with Crippen molar-refractivity contribution in [2.45, 2.75) is 26.9 Å². The lowest BCUT2D eigenvalue weighted by atomic mass is 10.1. The number of amides is 1. The zero-order valence-electron chi connectivity index (χ0n) is 14.5. The first kappa shape index (κ1) is 19.1. The molecular formula is C18H15ClN2O5S. The normalized spacial score (nSPS) is 10.8. The number of nitrogens with zero attached hydrogens (tertiary/aromatic N) is 1. The molecule has 2 aromatic heterocycles. The van der Waals surface area contributed by atoms with Crippen LogP contribution in [0.25, 0.3) is 11.0 Å². The number of hydrogen-bond acceptors (Lipinski definition) is 7. The number of hydrogen-bond donors (Lipinski definition) is 1. The molecule has 0 atom stereocenters. The monoisotopic (exact) mass is 406 g/mol. The van der Waals surface area contributed by atoms with Gasteiger partial charge in [-0.25, -0.2) is 14.6 Å². The third kappa shape index (κ3) is 4.35. The van der Waals surface area contributed by atoms with Crippen LogP contribution in [-0.2, 0) is 22.6 Å². The topological polar surface area (TPSA) is 98.5 Å². The lowest BCUT2D eigenvalue weighted by Crippen LogP contribution is -2.09. The molecule has 0 fully saturated rings. The van der Waals surface area contributed by atoms with Crippen LogP contribution < -0.4 is 10.9 Å². The summed E-state index contributed by atoms with van der Waals surface area (Å²) in [5, 5.41) is 5.43. The van der Waals surface area contributed by atoms with Crippen molar-refractivity contribution in [3.63, 3.8) is 0 Å². The molecule has 2 heterocycles. The van der Waals surface area contributed by atoms with Gasteiger partial charge in [0.2, 0.25) is 5.91 Å². The van der Waals surface area contributed by atoms with Crippen LogP contribution in [0.15, 0.2) is 32.8 Å². The summed E-state index contributed by atoms with van der Waals surface area (Å²) in [5.41, 5.74) is 1.25. The highest BCUT2D eigenvalue weighted by atomic mass is 35.5. The van der Waals surface area contributed by atoms with Gasteiger partial charge in [0, 0.05) is 34.3 Å². The highest BCUT2D eigenvalue weighted by Crippen LogP contribution is 2.26. The van der Waals surface area contributed by atoms with Crippen molar-refractivity contribution in [1.82, 2.24) is 4.98 Å². The number of aryl methyl sites for hydroxylation is 1. The largest absolute Gasteiger partial charge is 0.456 e. The Kier molecular flexibility index (Phi) is 5.57. The molecule has 140 valence electrons. The minimum Gasteiger partial charge on any atom is -0.456 e. The van der Waals surface area contributed by atoms with Crippen molar-refractivity contribution < 1.29 is 18.7 Å². The molecule has 27 heavy (non-hydrogen) atoms. The van der Waals surface area contributed by atoms with E-state index in [-0.39, 0.29) is 18.2 Å². The van der Waals surface area contributed by atoms with Crippen LogP contribution in [0.3, 0.4) is 0 Å². The Morgan fingerprint density at radius 1 is 1.30 bits per heavy atom. The molecule has 0 aliphatic rings. The van der Waals surface area contributed by atoms with E-state index in [1.807, 2.05) is 6.92 Å². The molecule has 0 radical (unpaired) electrons. The first-order chi connectivity index (χ1) is 12.9. The number of ether oxygens (including phenoxy) is 1. The predicted octanol–water partition coefficient (Wildman–Crippen LogP) is 3.78. The zero-order valence-corrected chi connectivity index (χ0v) is 16.1. The highest BCUT2D eigenvalue weighted by Gasteiger charge is 2.15. The lowest BCUT2D eigenvalue weighted by molar-refractivity contribution is -0.114. The summed E-state index contributed by atoms with van der Waals surface area (Å²) < 4.78 is 10.5. The van der Waals surface area contributed by atoms with Crippen molar-refractivity contribution in [2.24, 2.45) is 0 Å². The van der Waals surface area contributed by atoms with Gasteiger partial charge in [-0.3, -0.25) is 4.79 Å². The minimum atomic E-state index is -0.666. The Hall–Kier alpha value is -2.71. The van der Waals surface area contributed by atoms with Crippen LogP contribution >= 0.6 is 22.9 Å². The number of halogens is 1. The van der Waals surface area contributed by atoms with Crippen molar-refractivity contribution >= 4 is 50.9 Å². The summed E-state index contributed by atoms with van der Waals surface area (Å²) in [7, 11) is 0. The Labute approximate surface area is 162 Å². The molecule has 3 aromatic rings. The fourth-order valence-corrected chi connectivity index (χ4v) is 3.50. The maximum absolute atomic E-state index is 12.2. The second-order valence-electron chi connectivity index (χ2n) is 5.68. The number of anilines is 1. The average Bonchev–Trinajstić information content (AvgIpc) is 3.07. The van der Waals surface area contributed by atoms with Gasteiger partial charge in [-0.2, -0.15) is 0 Å². The van der Waals surface area contributed by atoms with Crippen molar-refractivity contribution in [3.05, 3.63) is 55.8 Å². The average molecular weight is 407 g/mol. The molecule has 0 spiro atoms. The van der Waals surface area contributed by atoms with E-state index in [0.29, 0.717) is 33.1 Å².